The lowest BCUT2D eigenvalue weighted by atomic mass is 10.1. The van der Waals surface area contributed by atoms with E-state index < -0.39 is 15.9 Å². The number of benzene rings is 1. The van der Waals surface area contributed by atoms with Crippen molar-refractivity contribution in [1.82, 2.24) is 15.0 Å². The van der Waals surface area contributed by atoms with Crippen LogP contribution in [0, 0.1) is 0 Å². The molecule has 5 rings (SSSR count). The maximum Gasteiger partial charge on any atom is 0.296 e. The van der Waals surface area contributed by atoms with Crippen LogP contribution in [-0.4, -0.2) is 72.4 Å². The molecule has 2 aliphatic heterocycles. The summed E-state index contributed by atoms with van der Waals surface area (Å²) in [7, 11) is -3.22. The smallest absolute Gasteiger partial charge is 0.296 e. The van der Waals surface area contributed by atoms with Gasteiger partial charge in [-0.25, -0.2) is 13.4 Å². The maximum atomic E-state index is 11.6. The zero-order valence-electron chi connectivity index (χ0n) is 17.2. The first-order chi connectivity index (χ1) is 15.3. The van der Waals surface area contributed by atoms with Gasteiger partial charge in [0.2, 0.25) is 0 Å². The number of ether oxygens (including phenoxy) is 3. The fraction of sp³-hybridized carbons (Fsp3) is 0.429. The molecule has 0 aliphatic carbocycles. The van der Waals surface area contributed by atoms with Crippen molar-refractivity contribution < 1.29 is 27.7 Å². The van der Waals surface area contributed by atoms with Gasteiger partial charge in [-0.2, -0.15) is 4.98 Å². The van der Waals surface area contributed by atoms with Crippen LogP contribution in [0.3, 0.4) is 0 Å². The van der Waals surface area contributed by atoms with Crippen LogP contribution >= 0.6 is 11.6 Å². The van der Waals surface area contributed by atoms with E-state index in [1.165, 1.54) is 6.26 Å². The fourth-order valence-electron chi connectivity index (χ4n) is 4.02. The highest BCUT2D eigenvalue weighted by Crippen LogP contribution is 2.30. The molecule has 0 bridgehead atoms. The number of H-pyrrole nitrogens is 1. The van der Waals surface area contributed by atoms with Crippen molar-refractivity contribution in [2.75, 3.05) is 19.5 Å². The Balaban J connectivity index is 1.28. The van der Waals surface area contributed by atoms with Crippen LogP contribution in [0.2, 0.25) is 5.02 Å². The van der Waals surface area contributed by atoms with Gasteiger partial charge in [-0.15, -0.1) is 0 Å². The minimum absolute atomic E-state index is 0.229. The number of rotatable bonds is 6. The van der Waals surface area contributed by atoms with Crippen molar-refractivity contribution in [2.24, 2.45) is 0 Å². The zero-order chi connectivity index (χ0) is 22.5. The number of fused-ring (bicyclic) bond motifs is 2. The van der Waals surface area contributed by atoms with Crippen molar-refractivity contribution in [2.45, 2.75) is 42.2 Å². The molecule has 11 heteroatoms. The lowest BCUT2D eigenvalue weighted by Gasteiger charge is -2.15. The molecule has 4 heterocycles. The second-order valence-corrected chi connectivity index (χ2v) is 10.5. The number of imidazole rings is 1. The number of aliphatic hydroxyl groups excluding tert-OH is 1. The van der Waals surface area contributed by atoms with Crippen LogP contribution in [0.4, 0.5) is 0 Å². The minimum atomic E-state index is -3.22. The van der Waals surface area contributed by atoms with Crippen LogP contribution in [-0.2, 0) is 32.2 Å². The summed E-state index contributed by atoms with van der Waals surface area (Å²) < 4.78 is 40.3. The molecule has 0 amide bonds. The lowest BCUT2D eigenvalue weighted by Crippen LogP contribution is -2.34. The number of pyridine rings is 1. The molecule has 0 unspecified atom stereocenters. The molecule has 9 nitrogen and oxygen atoms in total. The third kappa shape index (κ3) is 4.20. The summed E-state index contributed by atoms with van der Waals surface area (Å²) in [6.07, 6.45) is 0.678. The largest absolute Gasteiger partial charge is 0.456 e. The molecule has 3 aromatic rings. The highest BCUT2D eigenvalue weighted by molar-refractivity contribution is 7.90. The Morgan fingerprint density at radius 2 is 1.91 bits per heavy atom. The standard InChI is InChI=1S/C21H22ClN3O6S/c1-32(27,28)12-5-2-11(3-6-12)4-7-14-13(22)8-15-20(23-14)25-21(24-15)31-17-10-30-18-16(26)9-29-19(17)18/h2-3,5-6,8,16-19,26H,4,7,9-10H2,1H3,(H,23,24,25)/t16-,17-,18-,19-/m1/s1. The van der Waals surface area contributed by atoms with Gasteiger partial charge < -0.3 is 24.3 Å². The molecule has 1 aromatic carbocycles. The van der Waals surface area contributed by atoms with Gasteiger partial charge in [0.15, 0.2) is 21.6 Å². The van der Waals surface area contributed by atoms with Gasteiger partial charge in [0, 0.05) is 6.26 Å². The Bertz CT molecular complexity index is 1250. The summed E-state index contributed by atoms with van der Waals surface area (Å²) >= 11 is 6.42. The van der Waals surface area contributed by atoms with Crippen molar-refractivity contribution in [3.05, 3.63) is 46.6 Å². The van der Waals surface area contributed by atoms with Crippen molar-refractivity contribution in [3.8, 4) is 6.01 Å². The molecule has 0 spiro atoms. The number of halogens is 1. The molecule has 2 fully saturated rings. The summed E-state index contributed by atoms with van der Waals surface area (Å²) in [5.74, 6) is 0. The van der Waals surface area contributed by atoms with Gasteiger partial charge in [-0.1, -0.05) is 23.7 Å². The molecule has 2 aromatic heterocycles. The molecule has 2 N–H and O–H groups in total. The Morgan fingerprint density at radius 1 is 1.16 bits per heavy atom. The van der Waals surface area contributed by atoms with Crippen LogP contribution in [0.25, 0.3) is 11.2 Å². The first-order valence-electron chi connectivity index (χ1n) is 10.2. The normalized spacial score (nSPS) is 25.3. The zero-order valence-corrected chi connectivity index (χ0v) is 18.8. The van der Waals surface area contributed by atoms with E-state index >= 15 is 0 Å². The number of hydrogen-bond acceptors (Lipinski definition) is 8. The Kier molecular flexibility index (Phi) is 5.58. The van der Waals surface area contributed by atoms with Crippen molar-refractivity contribution >= 4 is 32.6 Å². The number of sulfone groups is 1. The predicted molar refractivity (Wildman–Crippen MR) is 116 cm³/mol. The van der Waals surface area contributed by atoms with E-state index in [0.717, 1.165) is 5.56 Å². The Morgan fingerprint density at radius 3 is 2.66 bits per heavy atom. The number of hydrogen-bond donors (Lipinski definition) is 2. The molecule has 0 saturated carbocycles. The number of aliphatic hydroxyl groups is 1. The lowest BCUT2D eigenvalue weighted by molar-refractivity contribution is 0.00706. The van der Waals surface area contributed by atoms with Gasteiger partial charge in [0.1, 0.15) is 18.3 Å². The van der Waals surface area contributed by atoms with E-state index in [9.17, 15) is 13.5 Å². The topological polar surface area (TPSA) is 124 Å². The summed E-state index contributed by atoms with van der Waals surface area (Å²) in [4.78, 5) is 12.3. The quantitative estimate of drug-likeness (QED) is 0.547. The molecular weight excluding hydrogens is 458 g/mol. The number of aryl methyl sites for hydroxylation is 2. The van der Waals surface area contributed by atoms with Gasteiger partial charge >= 0.3 is 0 Å². The summed E-state index contributed by atoms with van der Waals surface area (Å²) in [6, 6.07) is 8.84. The van der Waals surface area contributed by atoms with E-state index in [-0.39, 0.29) is 30.9 Å². The number of aromatic amines is 1. The van der Waals surface area contributed by atoms with E-state index in [1.807, 2.05) is 0 Å². The van der Waals surface area contributed by atoms with Gasteiger partial charge in [-0.05, 0) is 36.6 Å². The molecular formula is C21H22ClN3O6S. The van der Waals surface area contributed by atoms with Gasteiger partial charge in [0.05, 0.1) is 34.3 Å². The fourth-order valence-corrected chi connectivity index (χ4v) is 4.89. The summed E-state index contributed by atoms with van der Waals surface area (Å²) in [6.45, 7) is 0.536. The highest BCUT2D eigenvalue weighted by atomic mass is 35.5. The first kappa shape index (κ1) is 21.6. The maximum absolute atomic E-state index is 11.6. The second-order valence-electron chi connectivity index (χ2n) is 8.07. The van der Waals surface area contributed by atoms with Crippen LogP contribution in [0.15, 0.2) is 35.2 Å². The molecule has 170 valence electrons. The third-order valence-electron chi connectivity index (χ3n) is 5.72. The minimum Gasteiger partial charge on any atom is -0.456 e. The molecule has 32 heavy (non-hydrogen) atoms. The number of aromatic nitrogens is 3. The van der Waals surface area contributed by atoms with Crippen molar-refractivity contribution in [1.29, 1.82) is 0 Å². The van der Waals surface area contributed by atoms with Gasteiger partial charge in [0.25, 0.3) is 6.01 Å². The van der Waals surface area contributed by atoms with Crippen molar-refractivity contribution in [3.63, 3.8) is 0 Å². The second kappa shape index (κ2) is 8.27. The SMILES string of the molecule is CS(=O)(=O)c1ccc(CCc2nc3nc(O[C@@H]4CO[C@H]5[C@@H]4OC[C@H]5O)[nH]c3cc2Cl)cc1. The third-order valence-corrected chi connectivity index (χ3v) is 7.18. The average Bonchev–Trinajstić information content (AvgIpc) is 3.43. The summed E-state index contributed by atoms with van der Waals surface area (Å²) in [5.41, 5.74) is 2.80. The Hall–Kier alpha value is -2.24. The van der Waals surface area contributed by atoms with E-state index in [4.69, 9.17) is 25.8 Å². The van der Waals surface area contributed by atoms with E-state index in [0.29, 0.717) is 46.2 Å². The highest BCUT2D eigenvalue weighted by Gasteiger charge is 2.48. The average molecular weight is 480 g/mol. The van der Waals surface area contributed by atoms with Crippen LogP contribution in [0.5, 0.6) is 6.01 Å². The molecule has 2 saturated heterocycles. The van der Waals surface area contributed by atoms with Gasteiger partial charge in [-0.3, -0.25) is 0 Å². The monoisotopic (exact) mass is 479 g/mol. The molecule has 2 aliphatic rings. The van der Waals surface area contributed by atoms with E-state index in [1.54, 1.807) is 30.3 Å². The number of nitrogens with zero attached hydrogens (tertiary/aromatic N) is 2. The molecule has 4 atom stereocenters. The Labute approximate surface area is 189 Å². The van der Waals surface area contributed by atoms with E-state index in [2.05, 4.69) is 15.0 Å². The summed E-state index contributed by atoms with van der Waals surface area (Å²) in [5, 5.41) is 10.4. The van der Waals surface area contributed by atoms with Crippen LogP contribution in [0.1, 0.15) is 11.3 Å². The number of nitrogens with one attached hydrogen (secondary N) is 1. The molecule has 0 radical (unpaired) electrons. The predicted octanol–water partition coefficient (Wildman–Crippen LogP) is 1.71. The first-order valence-corrected chi connectivity index (χ1v) is 12.5. The van der Waals surface area contributed by atoms with Crippen LogP contribution < -0.4 is 4.74 Å².